The molecule has 0 saturated carbocycles. The predicted octanol–water partition coefficient (Wildman–Crippen LogP) is 4.56. The van der Waals surface area contributed by atoms with Crippen molar-refractivity contribution in [1.29, 1.82) is 0 Å². The van der Waals surface area contributed by atoms with Crippen molar-refractivity contribution >= 4 is 34.6 Å². The highest BCUT2D eigenvalue weighted by molar-refractivity contribution is 7.98. The van der Waals surface area contributed by atoms with E-state index >= 15 is 0 Å². The minimum absolute atomic E-state index is 0.360. The molecule has 2 N–H and O–H groups in total. The number of rotatable bonds is 13. The summed E-state index contributed by atoms with van der Waals surface area (Å²) in [5.41, 5.74) is 3.00. The van der Waals surface area contributed by atoms with Gasteiger partial charge in [-0.1, -0.05) is 30.7 Å². The number of methoxy groups -OCH3 is 1. The molecular weight excluding hydrogens is 518 g/mol. The number of hydrogen-bond donors (Lipinski definition) is 2. The maximum atomic E-state index is 13.4. The van der Waals surface area contributed by atoms with E-state index < -0.39 is 23.0 Å². The van der Waals surface area contributed by atoms with Crippen LogP contribution in [0.3, 0.4) is 0 Å². The third-order valence-corrected chi connectivity index (χ3v) is 8.87. The van der Waals surface area contributed by atoms with E-state index in [1.54, 1.807) is 23.9 Å². The van der Waals surface area contributed by atoms with Crippen molar-refractivity contribution < 1.29 is 18.5 Å². The molecule has 3 unspecified atom stereocenters. The number of benzene rings is 2. The number of likely N-dealkylation sites (tertiary alicyclic amines) is 1. The molecule has 7 nitrogen and oxygen atoms in total. The average molecular weight is 560 g/mol. The minimum Gasteiger partial charge on any atom is -0.467 e. The highest BCUT2D eigenvalue weighted by Gasteiger charge is 2.24. The van der Waals surface area contributed by atoms with E-state index in [-0.39, 0.29) is 5.91 Å². The highest BCUT2D eigenvalue weighted by Crippen LogP contribution is 2.29. The zero-order chi connectivity index (χ0) is 27.5. The van der Waals surface area contributed by atoms with Gasteiger partial charge in [0.2, 0.25) is 0 Å². The van der Waals surface area contributed by atoms with Gasteiger partial charge in [-0.2, -0.15) is 11.8 Å². The second kappa shape index (κ2) is 15.4. The predicted molar refractivity (Wildman–Crippen MR) is 157 cm³/mol. The summed E-state index contributed by atoms with van der Waals surface area (Å²) in [6, 6.07) is 12.9. The Bertz CT molecular complexity index is 1110. The Kier molecular flexibility index (Phi) is 12.3. The number of ether oxygens (including phenoxy) is 1. The van der Waals surface area contributed by atoms with Crippen LogP contribution in [0.5, 0.6) is 0 Å². The third-order valence-electron chi connectivity index (χ3n) is 7.08. The fraction of sp³-hybridized carbons (Fsp3) is 0.517. The number of amides is 1. The summed E-state index contributed by atoms with van der Waals surface area (Å²) in [7, 11) is -0.0886. The number of esters is 1. The van der Waals surface area contributed by atoms with Crippen molar-refractivity contribution in [3.63, 3.8) is 0 Å². The Morgan fingerprint density at radius 3 is 2.68 bits per heavy atom. The molecule has 0 aliphatic carbocycles. The molecule has 3 atom stereocenters. The van der Waals surface area contributed by atoms with Gasteiger partial charge in [0.05, 0.1) is 12.0 Å². The van der Waals surface area contributed by atoms with Crippen molar-refractivity contribution in [3.05, 3.63) is 53.6 Å². The molecule has 1 fully saturated rings. The summed E-state index contributed by atoms with van der Waals surface area (Å²) in [6.45, 7) is 7.05. The molecule has 2 aromatic carbocycles. The van der Waals surface area contributed by atoms with Gasteiger partial charge in [0, 0.05) is 18.2 Å². The minimum atomic E-state index is -1.41. The Morgan fingerprint density at radius 1 is 1.18 bits per heavy atom. The molecule has 0 bridgehead atoms. The lowest BCUT2D eigenvalue weighted by atomic mass is 9.95. The highest BCUT2D eigenvalue weighted by atomic mass is 32.2. The smallest absolute Gasteiger partial charge is 0.328 e. The molecule has 208 valence electrons. The molecule has 2 aromatic rings. The summed E-state index contributed by atoms with van der Waals surface area (Å²) in [5, 5.41) is 2.85. The standard InChI is InChI=1S/C29H41N3O4S2/c1-21-10-5-6-12-24(21)26-20-23(38(35)30-16-9-18-32-17-8-7-11-22(32)2)13-14-25(26)28(33)31-27(15-19-37-4)29(34)36-3/h5-6,10,12-14,20,22,27,30H,7-9,11,15-19H2,1-4H3,(H,31,33). The first-order valence-electron chi connectivity index (χ1n) is 13.3. The molecule has 0 radical (unpaired) electrons. The van der Waals surface area contributed by atoms with Gasteiger partial charge >= 0.3 is 5.97 Å². The third kappa shape index (κ3) is 8.40. The number of aryl methyl sites for hydroxylation is 1. The normalized spacial score (nSPS) is 17.5. The lowest BCUT2D eigenvalue weighted by molar-refractivity contribution is -0.142. The van der Waals surface area contributed by atoms with E-state index in [1.165, 1.54) is 26.4 Å². The van der Waals surface area contributed by atoms with Crippen LogP contribution >= 0.6 is 11.8 Å². The fourth-order valence-electron chi connectivity index (χ4n) is 4.82. The number of thioether (sulfide) groups is 1. The summed E-state index contributed by atoms with van der Waals surface area (Å²) in [4.78, 5) is 28.8. The van der Waals surface area contributed by atoms with Crippen molar-refractivity contribution in [3.8, 4) is 11.1 Å². The number of carbonyl (C=O) groups is 2. The molecule has 38 heavy (non-hydrogen) atoms. The number of piperidine rings is 1. The summed E-state index contributed by atoms with van der Waals surface area (Å²) in [6.07, 6.45) is 7.15. The van der Waals surface area contributed by atoms with Gasteiger partial charge < -0.3 is 15.0 Å². The number of carbonyl (C=O) groups excluding carboxylic acids is 2. The van der Waals surface area contributed by atoms with Crippen LogP contribution in [-0.2, 0) is 20.5 Å². The topological polar surface area (TPSA) is 87.7 Å². The van der Waals surface area contributed by atoms with E-state index in [2.05, 4.69) is 21.9 Å². The SMILES string of the molecule is COC(=O)C(CCSC)NC(=O)c1ccc(S(=O)NCCCN2CCCCC2C)cc1-c1ccccc1C. The van der Waals surface area contributed by atoms with Crippen LogP contribution in [0.2, 0.25) is 0 Å². The van der Waals surface area contributed by atoms with Gasteiger partial charge in [-0.3, -0.25) is 4.79 Å². The molecular formula is C29H41N3O4S2. The molecule has 1 saturated heterocycles. The van der Waals surface area contributed by atoms with E-state index in [0.29, 0.717) is 40.8 Å². The Hall–Kier alpha value is -2.20. The van der Waals surface area contributed by atoms with Crippen molar-refractivity contribution in [2.75, 3.05) is 38.8 Å². The zero-order valence-corrected chi connectivity index (χ0v) is 24.6. The lowest BCUT2D eigenvalue weighted by Gasteiger charge is -2.33. The zero-order valence-electron chi connectivity index (χ0n) is 23.0. The quantitative estimate of drug-likeness (QED) is 0.276. The lowest BCUT2D eigenvalue weighted by Crippen LogP contribution is -2.42. The molecule has 1 aliphatic heterocycles. The summed E-state index contributed by atoms with van der Waals surface area (Å²) < 4.78 is 21.2. The van der Waals surface area contributed by atoms with Crippen LogP contribution in [0.1, 0.15) is 54.9 Å². The number of hydrogen-bond acceptors (Lipinski definition) is 6. The maximum absolute atomic E-state index is 13.4. The Balaban J connectivity index is 1.77. The van der Waals surface area contributed by atoms with E-state index in [9.17, 15) is 13.8 Å². The van der Waals surface area contributed by atoms with Gasteiger partial charge in [-0.15, -0.1) is 0 Å². The van der Waals surface area contributed by atoms with Crippen molar-refractivity contribution in [2.45, 2.75) is 62.9 Å². The monoisotopic (exact) mass is 559 g/mol. The second-order valence-corrected chi connectivity index (χ2v) is 12.0. The molecule has 1 aliphatic rings. The van der Waals surface area contributed by atoms with Crippen LogP contribution in [0.4, 0.5) is 0 Å². The van der Waals surface area contributed by atoms with Gasteiger partial charge in [-0.05, 0) is 99.5 Å². The first kappa shape index (κ1) is 30.3. The van der Waals surface area contributed by atoms with Crippen LogP contribution in [0.15, 0.2) is 47.4 Å². The Labute approximate surface area is 234 Å². The van der Waals surface area contributed by atoms with Gasteiger partial charge in [0.1, 0.15) is 17.0 Å². The average Bonchev–Trinajstić information content (AvgIpc) is 2.93. The molecule has 0 spiro atoms. The summed E-state index contributed by atoms with van der Waals surface area (Å²) in [5.74, 6) is -0.114. The van der Waals surface area contributed by atoms with Gasteiger partial charge in [-0.25, -0.2) is 13.7 Å². The van der Waals surface area contributed by atoms with Crippen molar-refractivity contribution in [2.24, 2.45) is 0 Å². The van der Waals surface area contributed by atoms with E-state index in [1.807, 2.05) is 43.5 Å². The number of nitrogens with zero attached hydrogens (tertiary/aromatic N) is 1. The maximum Gasteiger partial charge on any atom is 0.328 e. The van der Waals surface area contributed by atoms with E-state index in [0.717, 1.165) is 30.6 Å². The largest absolute Gasteiger partial charge is 0.467 e. The molecule has 0 aromatic heterocycles. The van der Waals surface area contributed by atoms with E-state index in [4.69, 9.17) is 4.74 Å². The first-order chi connectivity index (χ1) is 18.3. The fourth-order valence-corrected chi connectivity index (χ4v) is 6.20. The molecule has 1 amide bonds. The van der Waals surface area contributed by atoms with Crippen LogP contribution in [-0.4, -0.2) is 71.8 Å². The molecule has 3 rings (SSSR count). The first-order valence-corrected chi connectivity index (χ1v) is 15.9. The van der Waals surface area contributed by atoms with Gasteiger partial charge in [0.25, 0.3) is 5.91 Å². The second-order valence-electron chi connectivity index (χ2n) is 9.75. The van der Waals surface area contributed by atoms with Crippen molar-refractivity contribution in [1.82, 2.24) is 14.9 Å². The van der Waals surface area contributed by atoms with Crippen LogP contribution < -0.4 is 10.0 Å². The van der Waals surface area contributed by atoms with Crippen LogP contribution in [0, 0.1) is 6.92 Å². The molecule has 1 heterocycles. The molecule has 9 heteroatoms. The van der Waals surface area contributed by atoms with Gasteiger partial charge in [0.15, 0.2) is 0 Å². The Morgan fingerprint density at radius 2 is 1.97 bits per heavy atom. The van der Waals surface area contributed by atoms with Crippen LogP contribution in [0.25, 0.3) is 11.1 Å². The number of nitrogens with one attached hydrogen (secondary N) is 2. The summed E-state index contributed by atoms with van der Waals surface area (Å²) >= 11 is 1.60.